The fraction of sp³-hybridized carbons (Fsp3) is 0.368. The summed E-state index contributed by atoms with van der Waals surface area (Å²) >= 11 is 0. The molecular weight excluding hydrogens is 302 g/mol. The third-order valence-corrected chi connectivity index (χ3v) is 4.10. The van der Waals surface area contributed by atoms with Crippen LogP contribution in [-0.4, -0.2) is 28.5 Å². The van der Waals surface area contributed by atoms with Crippen molar-refractivity contribution in [3.63, 3.8) is 0 Å². The van der Waals surface area contributed by atoms with Crippen LogP contribution in [0, 0.1) is 0 Å². The molecule has 0 saturated heterocycles. The van der Waals surface area contributed by atoms with Gasteiger partial charge >= 0.3 is 0 Å². The van der Waals surface area contributed by atoms with E-state index in [9.17, 15) is 9.59 Å². The topological polar surface area (TPSA) is 54.3 Å². The van der Waals surface area contributed by atoms with E-state index in [1.807, 2.05) is 18.2 Å². The molecule has 1 amide bonds. The van der Waals surface area contributed by atoms with Gasteiger partial charge in [-0.05, 0) is 30.3 Å². The van der Waals surface area contributed by atoms with E-state index in [1.54, 1.807) is 18.3 Å². The molecule has 2 aromatic rings. The van der Waals surface area contributed by atoms with Crippen LogP contribution >= 0.6 is 0 Å². The normalized spacial score (nSPS) is 10.8. The maximum Gasteiger partial charge on any atom is 0.250 e. The Hall–Kier alpha value is -2.40. The van der Waals surface area contributed by atoms with Gasteiger partial charge in [0.2, 0.25) is 5.91 Å². The number of carbonyl (C=O) groups excluding carboxylic acids is 1. The van der Waals surface area contributed by atoms with E-state index in [-0.39, 0.29) is 18.0 Å². The number of aromatic nitrogens is 1. The molecule has 1 N–H and O–H groups in total. The van der Waals surface area contributed by atoms with E-state index >= 15 is 0 Å². The van der Waals surface area contributed by atoms with Gasteiger partial charge in [-0.2, -0.15) is 0 Å². The van der Waals surface area contributed by atoms with Gasteiger partial charge in [-0.3, -0.25) is 14.5 Å². The predicted molar refractivity (Wildman–Crippen MR) is 95.6 cm³/mol. The van der Waals surface area contributed by atoms with Gasteiger partial charge < -0.3 is 9.88 Å². The van der Waals surface area contributed by atoms with Gasteiger partial charge in [-0.15, -0.1) is 0 Å². The van der Waals surface area contributed by atoms with Crippen molar-refractivity contribution in [1.82, 2.24) is 14.8 Å². The van der Waals surface area contributed by atoms with Crippen molar-refractivity contribution in [1.29, 1.82) is 0 Å². The van der Waals surface area contributed by atoms with Crippen LogP contribution in [0.3, 0.4) is 0 Å². The molecule has 0 bridgehead atoms. The minimum atomic E-state index is -0.172. The molecule has 0 atom stereocenters. The summed E-state index contributed by atoms with van der Waals surface area (Å²) in [6, 6.07) is 13.0. The fourth-order valence-electron chi connectivity index (χ4n) is 2.57. The summed E-state index contributed by atoms with van der Waals surface area (Å²) in [7, 11) is 0. The summed E-state index contributed by atoms with van der Waals surface area (Å²) in [5.41, 5.74) is 2.16. The van der Waals surface area contributed by atoms with Crippen molar-refractivity contribution in [2.75, 3.05) is 13.1 Å². The molecule has 1 heterocycles. The lowest BCUT2D eigenvalue weighted by Gasteiger charge is -2.20. The quantitative estimate of drug-likeness (QED) is 0.807. The third kappa shape index (κ3) is 5.06. The number of amides is 1. The Labute approximate surface area is 142 Å². The Morgan fingerprint density at radius 2 is 1.71 bits per heavy atom. The summed E-state index contributed by atoms with van der Waals surface area (Å²) in [4.78, 5) is 26.1. The molecule has 5 nitrogen and oxygen atoms in total. The zero-order chi connectivity index (χ0) is 17.4. The summed E-state index contributed by atoms with van der Waals surface area (Å²) < 4.78 is 1.40. The summed E-state index contributed by atoms with van der Waals surface area (Å²) in [6.07, 6.45) is 1.62. The van der Waals surface area contributed by atoms with Crippen LogP contribution < -0.4 is 10.9 Å². The standard InChI is InChI=1S/C19H25N3O2/c1-3-21(4-2)14-17-10-6-5-9-16(17)13-20-18(23)15-22-12-8-7-11-19(22)24/h5-12H,3-4,13-15H2,1-2H3,(H,20,23). The molecule has 0 aliphatic heterocycles. The SMILES string of the molecule is CCN(CC)Cc1ccccc1CNC(=O)Cn1ccccc1=O. The summed E-state index contributed by atoms with van der Waals surface area (Å²) in [6.45, 7) is 7.66. The first kappa shape index (κ1) is 17.9. The lowest BCUT2D eigenvalue weighted by molar-refractivity contribution is -0.121. The van der Waals surface area contributed by atoms with Crippen LogP contribution in [0.1, 0.15) is 25.0 Å². The first-order chi connectivity index (χ1) is 11.6. The van der Waals surface area contributed by atoms with Gasteiger partial charge in [0, 0.05) is 25.4 Å². The predicted octanol–water partition coefficient (Wildman–Crippen LogP) is 2.01. The Balaban J connectivity index is 1.98. The first-order valence-corrected chi connectivity index (χ1v) is 8.35. The highest BCUT2D eigenvalue weighted by Gasteiger charge is 2.08. The Bertz CT molecular complexity index is 720. The molecule has 0 spiro atoms. The van der Waals surface area contributed by atoms with Crippen LogP contribution in [-0.2, 0) is 24.4 Å². The van der Waals surface area contributed by atoms with Crippen molar-refractivity contribution < 1.29 is 4.79 Å². The van der Waals surface area contributed by atoms with Gasteiger partial charge in [0.05, 0.1) is 0 Å². The van der Waals surface area contributed by atoms with Crippen LogP contribution in [0.2, 0.25) is 0 Å². The zero-order valence-electron chi connectivity index (χ0n) is 14.4. The molecule has 0 aliphatic carbocycles. The average molecular weight is 327 g/mol. The van der Waals surface area contributed by atoms with E-state index in [2.05, 4.69) is 30.1 Å². The minimum absolute atomic E-state index is 0.0396. The van der Waals surface area contributed by atoms with E-state index < -0.39 is 0 Å². The van der Waals surface area contributed by atoms with Gasteiger partial charge in [-0.25, -0.2) is 0 Å². The number of pyridine rings is 1. The third-order valence-electron chi connectivity index (χ3n) is 4.10. The van der Waals surface area contributed by atoms with Crippen LogP contribution in [0.4, 0.5) is 0 Å². The molecule has 0 radical (unpaired) electrons. The molecule has 5 heteroatoms. The molecule has 2 rings (SSSR count). The van der Waals surface area contributed by atoms with Gasteiger partial charge in [0.15, 0.2) is 0 Å². The lowest BCUT2D eigenvalue weighted by atomic mass is 10.1. The van der Waals surface area contributed by atoms with Crippen LogP contribution in [0.15, 0.2) is 53.5 Å². The summed E-state index contributed by atoms with van der Waals surface area (Å²) in [5, 5.41) is 2.91. The largest absolute Gasteiger partial charge is 0.350 e. The number of nitrogens with zero attached hydrogens (tertiary/aromatic N) is 2. The molecule has 1 aromatic carbocycles. The molecule has 1 aromatic heterocycles. The van der Waals surface area contributed by atoms with Crippen LogP contribution in [0.25, 0.3) is 0 Å². The highest BCUT2D eigenvalue weighted by Crippen LogP contribution is 2.11. The number of hydrogen-bond donors (Lipinski definition) is 1. The highest BCUT2D eigenvalue weighted by atomic mass is 16.2. The number of carbonyl (C=O) groups is 1. The maximum absolute atomic E-state index is 12.1. The van der Waals surface area contributed by atoms with Crippen LogP contribution in [0.5, 0.6) is 0 Å². The Morgan fingerprint density at radius 1 is 1.04 bits per heavy atom. The van der Waals surface area contributed by atoms with Gasteiger partial charge in [-0.1, -0.05) is 44.2 Å². The van der Waals surface area contributed by atoms with Crippen molar-refractivity contribution in [2.24, 2.45) is 0 Å². The molecule has 0 fully saturated rings. The molecule has 0 unspecified atom stereocenters. The Kier molecular flexibility index (Phi) is 6.75. The minimum Gasteiger partial charge on any atom is -0.350 e. The first-order valence-electron chi connectivity index (χ1n) is 8.35. The van der Waals surface area contributed by atoms with Crippen molar-refractivity contribution >= 4 is 5.91 Å². The van der Waals surface area contributed by atoms with E-state index in [0.29, 0.717) is 6.54 Å². The average Bonchev–Trinajstić information content (AvgIpc) is 2.60. The van der Waals surface area contributed by atoms with E-state index in [0.717, 1.165) is 25.2 Å². The van der Waals surface area contributed by atoms with E-state index in [1.165, 1.54) is 16.2 Å². The molecular formula is C19H25N3O2. The van der Waals surface area contributed by atoms with Crippen molar-refractivity contribution in [2.45, 2.75) is 33.5 Å². The number of hydrogen-bond acceptors (Lipinski definition) is 3. The second kappa shape index (κ2) is 9.03. The fourth-order valence-corrected chi connectivity index (χ4v) is 2.57. The lowest BCUT2D eigenvalue weighted by Crippen LogP contribution is -2.32. The maximum atomic E-state index is 12.1. The smallest absolute Gasteiger partial charge is 0.250 e. The Morgan fingerprint density at radius 3 is 2.38 bits per heavy atom. The zero-order valence-corrected chi connectivity index (χ0v) is 14.4. The second-order valence-electron chi connectivity index (χ2n) is 5.67. The number of nitrogens with one attached hydrogen (secondary N) is 1. The van der Waals surface area contributed by atoms with Crippen molar-refractivity contribution in [3.8, 4) is 0 Å². The number of benzene rings is 1. The molecule has 0 saturated carbocycles. The highest BCUT2D eigenvalue weighted by molar-refractivity contribution is 5.75. The van der Waals surface area contributed by atoms with Gasteiger partial charge in [0.1, 0.15) is 6.54 Å². The van der Waals surface area contributed by atoms with Crippen molar-refractivity contribution in [3.05, 3.63) is 70.1 Å². The molecule has 0 aliphatic rings. The van der Waals surface area contributed by atoms with E-state index in [4.69, 9.17) is 0 Å². The summed E-state index contributed by atoms with van der Waals surface area (Å²) in [5.74, 6) is -0.166. The monoisotopic (exact) mass is 327 g/mol. The van der Waals surface area contributed by atoms with Gasteiger partial charge in [0.25, 0.3) is 5.56 Å². The molecule has 24 heavy (non-hydrogen) atoms. The number of rotatable bonds is 8. The second-order valence-corrected chi connectivity index (χ2v) is 5.67. The molecule has 128 valence electrons.